The van der Waals surface area contributed by atoms with Gasteiger partial charge in [-0.2, -0.15) is 0 Å². The average molecular weight is 533 g/mol. The van der Waals surface area contributed by atoms with E-state index in [-0.39, 0.29) is 0 Å². The standard InChI is InChI=1S/3C9H11.C4H9.Sn/c3*1-7-4-8(2)6-9(3)5-7;1-4(2)3;/h3*4-5H,1-3H3;4H,1H2,2-3H3;. The number of benzene rings is 3. The van der Waals surface area contributed by atoms with E-state index in [0.29, 0.717) is 5.92 Å². The van der Waals surface area contributed by atoms with Gasteiger partial charge in [0.15, 0.2) is 0 Å². The van der Waals surface area contributed by atoms with Crippen LogP contribution < -0.4 is 10.7 Å². The van der Waals surface area contributed by atoms with Crippen LogP contribution in [0.2, 0.25) is 4.44 Å². The van der Waals surface area contributed by atoms with Crippen molar-refractivity contribution in [3.63, 3.8) is 0 Å². The van der Waals surface area contributed by atoms with Crippen molar-refractivity contribution in [2.75, 3.05) is 0 Å². The van der Waals surface area contributed by atoms with E-state index in [9.17, 15) is 0 Å². The van der Waals surface area contributed by atoms with Crippen LogP contribution in [0.1, 0.15) is 63.9 Å². The van der Waals surface area contributed by atoms with Crippen LogP contribution in [0.3, 0.4) is 0 Å². The summed E-state index contributed by atoms with van der Waals surface area (Å²) in [5.41, 5.74) is 13.1. The Labute approximate surface area is 201 Å². The normalized spacial score (nSPS) is 12.0. The summed E-state index contributed by atoms with van der Waals surface area (Å²) in [5, 5.41) is 0. The van der Waals surface area contributed by atoms with Crippen molar-refractivity contribution < 1.29 is 0 Å². The molecule has 0 bridgehead atoms. The average Bonchev–Trinajstić information content (AvgIpc) is 2.57. The second-order valence-electron chi connectivity index (χ2n) is 10.8. The van der Waals surface area contributed by atoms with Gasteiger partial charge in [-0.15, -0.1) is 0 Å². The second kappa shape index (κ2) is 9.37. The molecule has 32 heavy (non-hydrogen) atoms. The molecule has 0 radical (unpaired) electrons. The molecule has 0 atom stereocenters. The van der Waals surface area contributed by atoms with Gasteiger partial charge in [-0.3, -0.25) is 0 Å². The fourth-order valence-corrected chi connectivity index (χ4v) is 27.0. The Kier molecular flexibility index (Phi) is 7.35. The Morgan fingerprint density at radius 1 is 0.469 bits per heavy atom. The van der Waals surface area contributed by atoms with E-state index in [1.54, 1.807) is 10.7 Å². The maximum absolute atomic E-state index is 3.42. The van der Waals surface area contributed by atoms with Crippen LogP contribution in [0, 0.1) is 68.2 Å². The summed E-state index contributed by atoms with van der Waals surface area (Å²) in [6.07, 6.45) is 0. The first-order chi connectivity index (χ1) is 14.9. The zero-order chi connectivity index (χ0) is 24.0. The Morgan fingerprint density at radius 2 is 0.688 bits per heavy atom. The molecule has 0 amide bonds. The third kappa shape index (κ3) is 4.45. The molecule has 0 saturated heterocycles. The van der Waals surface area contributed by atoms with Crippen LogP contribution >= 0.6 is 0 Å². The third-order valence-corrected chi connectivity index (χ3v) is 25.2. The van der Waals surface area contributed by atoms with E-state index in [0.717, 1.165) is 0 Å². The van der Waals surface area contributed by atoms with Gasteiger partial charge in [-0.25, -0.2) is 0 Å². The number of rotatable bonds is 5. The van der Waals surface area contributed by atoms with E-state index in [2.05, 4.69) is 113 Å². The molecule has 0 spiro atoms. The molecule has 0 aliphatic carbocycles. The van der Waals surface area contributed by atoms with Gasteiger partial charge in [0.05, 0.1) is 0 Å². The number of hydrogen-bond donors (Lipinski definition) is 0. The molecule has 0 fully saturated rings. The summed E-state index contributed by atoms with van der Waals surface area (Å²) in [7, 11) is 0. The van der Waals surface area contributed by atoms with Crippen LogP contribution in [-0.2, 0) is 0 Å². The summed E-state index contributed by atoms with van der Waals surface area (Å²) in [4.78, 5) is 0. The molecule has 3 aromatic carbocycles. The van der Waals surface area contributed by atoms with Gasteiger partial charge in [0, 0.05) is 0 Å². The number of hydrogen-bond acceptors (Lipinski definition) is 0. The summed E-state index contributed by atoms with van der Waals surface area (Å²) in [6.45, 7) is 25.8. The zero-order valence-corrected chi connectivity index (χ0v) is 25.1. The fraction of sp³-hybridized carbons (Fsp3) is 0.419. The van der Waals surface area contributed by atoms with Crippen LogP contribution in [0.15, 0.2) is 36.4 Å². The summed E-state index contributed by atoms with van der Waals surface area (Å²) >= 11 is -3.42. The third-order valence-electron chi connectivity index (χ3n) is 7.03. The van der Waals surface area contributed by atoms with Crippen molar-refractivity contribution in [3.05, 3.63) is 86.5 Å². The summed E-state index contributed by atoms with van der Waals surface area (Å²) < 4.78 is 6.44. The van der Waals surface area contributed by atoms with Crippen LogP contribution in [0.5, 0.6) is 0 Å². The molecule has 3 rings (SSSR count). The Morgan fingerprint density at radius 3 is 0.875 bits per heavy atom. The molecule has 0 heterocycles. The molecule has 0 aliphatic heterocycles. The Hall–Kier alpha value is -1.54. The van der Waals surface area contributed by atoms with Gasteiger partial charge in [0.1, 0.15) is 0 Å². The monoisotopic (exact) mass is 534 g/mol. The number of aryl methyl sites for hydroxylation is 9. The first-order valence-electron chi connectivity index (χ1n) is 12.1. The van der Waals surface area contributed by atoms with E-state index < -0.39 is 18.4 Å². The molecular formula is C31H42Sn. The van der Waals surface area contributed by atoms with Crippen molar-refractivity contribution in [2.24, 2.45) is 5.92 Å². The SMILES string of the molecule is Cc1cc(C)[c]([Sn]([CH2]C(C)C)([c]2c(C)cc(C)cc2C)[c]2c(C)cc(C)cc2C)c(C)c1. The quantitative estimate of drug-likeness (QED) is 0.325. The molecule has 0 saturated carbocycles. The molecular weight excluding hydrogens is 491 g/mol. The van der Waals surface area contributed by atoms with E-state index in [4.69, 9.17) is 0 Å². The molecule has 3 aromatic rings. The van der Waals surface area contributed by atoms with E-state index in [1.807, 2.05) is 0 Å². The van der Waals surface area contributed by atoms with Gasteiger partial charge in [0.25, 0.3) is 0 Å². The van der Waals surface area contributed by atoms with Crippen molar-refractivity contribution in [3.8, 4) is 0 Å². The first-order valence-corrected chi connectivity index (χ1v) is 18.4. The van der Waals surface area contributed by atoms with Crippen LogP contribution in [-0.4, -0.2) is 18.4 Å². The minimum absolute atomic E-state index is 0.645. The van der Waals surface area contributed by atoms with Crippen molar-refractivity contribution >= 4 is 29.1 Å². The Bertz CT molecular complexity index is 955. The maximum atomic E-state index is 2.44. The van der Waals surface area contributed by atoms with Crippen molar-refractivity contribution in [1.82, 2.24) is 0 Å². The molecule has 170 valence electrons. The predicted molar refractivity (Wildman–Crippen MR) is 146 cm³/mol. The topological polar surface area (TPSA) is 0 Å². The minimum atomic E-state index is -3.42. The van der Waals surface area contributed by atoms with Gasteiger partial charge >= 0.3 is 202 Å². The van der Waals surface area contributed by atoms with Crippen molar-refractivity contribution in [2.45, 2.75) is 80.6 Å². The molecule has 0 unspecified atom stereocenters. The van der Waals surface area contributed by atoms with Gasteiger partial charge in [0.2, 0.25) is 0 Å². The van der Waals surface area contributed by atoms with E-state index in [1.165, 1.54) is 54.5 Å². The van der Waals surface area contributed by atoms with Crippen LogP contribution in [0.4, 0.5) is 0 Å². The van der Waals surface area contributed by atoms with Crippen LogP contribution in [0.25, 0.3) is 0 Å². The fourth-order valence-electron chi connectivity index (χ4n) is 6.85. The zero-order valence-electron chi connectivity index (χ0n) is 22.2. The predicted octanol–water partition coefficient (Wildman–Crippen LogP) is 6.59. The second-order valence-corrected chi connectivity index (χ2v) is 21.4. The Balaban J connectivity index is 2.65. The van der Waals surface area contributed by atoms with Gasteiger partial charge in [-0.05, 0) is 0 Å². The summed E-state index contributed by atoms with van der Waals surface area (Å²) in [6, 6.07) is 14.6. The van der Waals surface area contributed by atoms with Gasteiger partial charge in [-0.1, -0.05) is 0 Å². The first kappa shape index (κ1) is 25.1. The van der Waals surface area contributed by atoms with E-state index >= 15 is 0 Å². The molecule has 1 heteroatoms. The van der Waals surface area contributed by atoms with Gasteiger partial charge < -0.3 is 0 Å². The molecule has 0 aliphatic rings. The molecule has 0 nitrogen and oxygen atoms in total. The molecule has 0 aromatic heterocycles. The summed E-state index contributed by atoms with van der Waals surface area (Å²) in [5.74, 6) is 0.645. The molecule has 0 N–H and O–H groups in total. The van der Waals surface area contributed by atoms with Crippen molar-refractivity contribution in [1.29, 1.82) is 0 Å².